The van der Waals surface area contributed by atoms with E-state index in [0.29, 0.717) is 51.9 Å². The summed E-state index contributed by atoms with van der Waals surface area (Å²) in [6, 6.07) is 3.76. The van der Waals surface area contributed by atoms with Crippen molar-refractivity contribution >= 4 is 11.9 Å². The molecule has 226 valence electrons. The first kappa shape index (κ1) is 32.2. The lowest BCUT2D eigenvalue weighted by atomic mass is 9.75. The fraction of sp³-hybridized carbons (Fsp3) is 0.750. The second kappa shape index (κ2) is 15.1. The molecule has 1 aromatic carbocycles. The Labute approximate surface area is 240 Å². The number of carbonyl (C=O) groups excluding carboxylic acids is 2. The first-order valence-corrected chi connectivity index (χ1v) is 15.1. The molecule has 2 aliphatic heterocycles. The van der Waals surface area contributed by atoms with Crippen molar-refractivity contribution in [1.29, 1.82) is 0 Å². The van der Waals surface area contributed by atoms with E-state index in [4.69, 9.17) is 23.7 Å². The summed E-state index contributed by atoms with van der Waals surface area (Å²) >= 11 is 0. The highest BCUT2D eigenvalue weighted by molar-refractivity contribution is 5.69. The van der Waals surface area contributed by atoms with E-state index in [2.05, 4.69) is 27.7 Å². The SMILES string of the molecule is CCOc1cc(C(C)(C)CCCC(=O)OCC2CCCO2)c(O)cc1C(C)(C)CCCC(=O)OCC1CCCO1. The molecule has 1 aromatic rings. The van der Waals surface area contributed by atoms with Crippen LogP contribution >= 0.6 is 0 Å². The second-order valence-corrected chi connectivity index (χ2v) is 12.4. The number of ether oxygens (including phenoxy) is 5. The monoisotopic (exact) mass is 562 g/mol. The van der Waals surface area contributed by atoms with Crippen LogP contribution in [0.1, 0.15) is 110 Å². The predicted octanol–water partition coefficient (Wildman–Crippen LogP) is 6.13. The van der Waals surface area contributed by atoms with Crippen LogP contribution in [0.3, 0.4) is 0 Å². The van der Waals surface area contributed by atoms with Crippen LogP contribution in [0.5, 0.6) is 11.5 Å². The van der Waals surface area contributed by atoms with E-state index >= 15 is 0 Å². The Hall–Kier alpha value is -2.32. The van der Waals surface area contributed by atoms with Crippen molar-refractivity contribution < 1.29 is 38.4 Å². The Balaban J connectivity index is 1.56. The lowest BCUT2D eigenvalue weighted by Gasteiger charge is -2.31. The van der Waals surface area contributed by atoms with E-state index in [1.54, 1.807) is 0 Å². The molecule has 0 aromatic heterocycles. The summed E-state index contributed by atoms with van der Waals surface area (Å²) in [7, 11) is 0. The number of carbonyl (C=O) groups is 2. The molecule has 1 N–H and O–H groups in total. The van der Waals surface area contributed by atoms with Crippen molar-refractivity contribution in [2.24, 2.45) is 0 Å². The van der Waals surface area contributed by atoms with Gasteiger partial charge in [0.05, 0.1) is 18.8 Å². The minimum atomic E-state index is -0.375. The maximum absolute atomic E-state index is 12.2. The molecule has 0 radical (unpaired) electrons. The van der Waals surface area contributed by atoms with Gasteiger partial charge in [-0.25, -0.2) is 0 Å². The Morgan fingerprint density at radius 3 is 1.80 bits per heavy atom. The number of hydrogen-bond donors (Lipinski definition) is 1. The lowest BCUT2D eigenvalue weighted by molar-refractivity contribution is -0.147. The molecule has 2 unspecified atom stereocenters. The van der Waals surface area contributed by atoms with Gasteiger partial charge >= 0.3 is 11.9 Å². The van der Waals surface area contributed by atoms with Gasteiger partial charge < -0.3 is 28.8 Å². The summed E-state index contributed by atoms with van der Waals surface area (Å²) in [4.78, 5) is 24.5. The van der Waals surface area contributed by atoms with Gasteiger partial charge in [-0.15, -0.1) is 0 Å². The number of phenols is 1. The third-order valence-electron chi connectivity index (χ3n) is 8.13. The summed E-state index contributed by atoms with van der Waals surface area (Å²) in [6.45, 7) is 12.9. The van der Waals surface area contributed by atoms with Crippen molar-refractivity contribution in [1.82, 2.24) is 0 Å². The van der Waals surface area contributed by atoms with Gasteiger partial charge in [0.25, 0.3) is 0 Å². The molecule has 0 saturated carbocycles. The van der Waals surface area contributed by atoms with Crippen LogP contribution in [0, 0.1) is 0 Å². The molecule has 0 spiro atoms. The zero-order chi connectivity index (χ0) is 29.2. The van der Waals surface area contributed by atoms with E-state index in [0.717, 1.165) is 62.2 Å². The summed E-state index contributed by atoms with van der Waals surface area (Å²) < 4.78 is 27.9. The van der Waals surface area contributed by atoms with Crippen LogP contribution in [0.25, 0.3) is 0 Å². The Morgan fingerprint density at radius 1 is 0.850 bits per heavy atom. The van der Waals surface area contributed by atoms with Gasteiger partial charge in [-0.05, 0) is 81.3 Å². The number of phenolic OH excluding ortho intramolecular Hbond substituents is 1. The fourth-order valence-corrected chi connectivity index (χ4v) is 5.60. The first-order chi connectivity index (χ1) is 19.0. The van der Waals surface area contributed by atoms with Crippen LogP contribution in [0.15, 0.2) is 12.1 Å². The zero-order valence-electron chi connectivity index (χ0n) is 25.2. The topological polar surface area (TPSA) is 101 Å². The predicted molar refractivity (Wildman–Crippen MR) is 153 cm³/mol. The van der Waals surface area contributed by atoms with Crippen LogP contribution in [-0.4, -0.2) is 62.3 Å². The number of esters is 2. The highest BCUT2D eigenvalue weighted by Gasteiger charge is 2.31. The molecule has 0 amide bonds. The van der Waals surface area contributed by atoms with E-state index in [-0.39, 0.29) is 40.7 Å². The van der Waals surface area contributed by atoms with Crippen LogP contribution < -0.4 is 4.74 Å². The van der Waals surface area contributed by atoms with Crippen molar-refractivity contribution in [2.75, 3.05) is 33.0 Å². The standard InChI is InChI=1S/C32H50O8/c1-6-36-28-20-25(31(2,3)15-7-13-29(34)39-21-23-11-9-17-37-23)27(33)19-26(28)32(4,5)16-8-14-30(35)40-22-24-12-10-18-38-24/h19-20,23-24,33H,6-18,21-22H2,1-5H3. The van der Waals surface area contributed by atoms with Crippen molar-refractivity contribution in [3.8, 4) is 11.5 Å². The maximum Gasteiger partial charge on any atom is 0.305 e. The molecule has 8 heteroatoms. The molecular weight excluding hydrogens is 512 g/mol. The van der Waals surface area contributed by atoms with Crippen molar-refractivity contribution in [3.63, 3.8) is 0 Å². The highest BCUT2D eigenvalue weighted by atomic mass is 16.6. The zero-order valence-corrected chi connectivity index (χ0v) is 25.2. The van der Waals surface area contributed by atoms with E-state index < -0.39 is 0 Å². The molecule has 2 heterocycles. The molecule has 40 heavy (non-hydrogen) atoms. The number of benzene rings is 1. The Morgan fingerprint density at radius 2 is 1.35 bits per heavy atom. The number of aromatic hydroxyl groups is 1. The molecular formula is C32H50O8. The molecule has 2 fully saturated rings. The molecule has 3 rings (SSSR count). The summed E-state index contributed by atoms with van der Waals surface area (Å²) in [5, 5.41) is 11.1. The van der Waals surface area contributed by atoms with Crippen LogP contribution in [0.4, 0.5) is 0 Å². The van der Waals surface area contributed by atoms with Gasteiger partial charge in [-0.3, -0.25) is 9.59 Å². The van der Waals surface area contributed by atoms with Crippen LogP contribution in [0.2, 0.25) is 0 Å². The van der Waals surface area contributed by atoms with Crippen molar-refractivity contribution in [3.05, 3.63) is 23.3 Å². The van der Waals surface area contributed by atoms with Gasteiger partial charge in [0.2, 0.25) is 0 Å². The lowest BCUT2D eigenvalue weighted by Crippen LogP contribution is -2.23. The van der Waals surface area contributed by atoms with Crippen molar-refractivity contribution in [2.45, 2.75) is 122 Å². The Bertz CT molecular complexity index is 958. The van der Waals surface area contributed by atoms with Gasteiger partial charge in [0.1, 0.15) is 24.7 Å². The second-order valence-electron chi connectivity index (χ2n) is 12.4. The number of hydrogen-bond acceptors (Lipinski definition) is 8. The first-order valence-electron chi connectivity index (χ1n) is 15.1. The van der Waals surface area contributed by atoms with Crippen LogP contribution in [-0.2, 0) is 39.4 Å². The minimum Gasteiger partial charge on any atom is -0.508 e. The third kappa shape index (κ3) is 9.65. The summed E-state index contributed by atoms with van der Waals surface area (Å²) in [5.74, 6) is 0.546. The quantitative estimate of drug-likeness (QED) is 0.240. The van der Waals surface area contributed by atoms with E-state index in [9.17, 15) is 14.7 Å². The van der Waals surface area contributed by atoms with Gasteiger partial charge in [-0.1, -0.05) is 27.7 Å². The molecule has 0 aliphatic carbocycles. The highest BCUT2D eigenvalue weighted by Crippen LogP contribution is 2.44. The van der Waals surface area contributed by atoms with Gasteiger partial charge in [0, 0.05) is 37.2 Å². The average Bonchev–Trinajstić information content (AvgIpc) is 3.61. The third-order valence-corrected chi connectivity index (χ3v) is 8.13. The molecule has 2 saturated heterocycles. The molecule has 0 bridgehead atoms. The molecule has 2 aliphatic rings. The number of rotatable bonds is 16. The van der Waals surface area contributed by atoms with Gasteiger partial charge in [-0.2, -0.15) is 0 Å². The largest absolute Gasteiger partial charge is 0.508 e. The molecule has 8 nitrogen and oxygen atoms in total. The maximum atomic E-state index is 12.2. The normalized spacial score (nSPS) is 19.5. The van der Waals surface area contributed by atoms with Gasteiger partial charge in [0.15, 0.2) is 0 Å². The molecule has 2 atom stereocenters. The fourth-order valence-electron chi connectivity index (χ4n) is 5.60. The Kier molecular flexibility index (Phi) is 12.1. The van der Waals surface area contributed by atoms with E-state index in [1.165, 1.54) is 0 Å². The summed E-state index contributed by atoms with van der Waals surface area (Å²) in [6.07, 6.45) is 7.42. The summed E-state index contributed by atoms with van der Waals surface area (Å²) in [5.41, 5.74) is 1.00. The smallest absolute Gasteiger partial charge is 0.305 e. The average molecular weight is 563 g/mol. The minimum absolute atomic E-state index is 0.0302. The van der Waals surface area contributed by atoms with E-state index in [1.807, 2.05) is 19.1 Å².